The summed E-state index contributed by atoms with van der Waals surface area (Å²) in [5.41, 5.74) is 0.0628. The van der Waals surface area contributed by atoms with Gasteiger partial charge in [0.05, 0.1) is 40.0 Å². The molecule has 0 saturated heterocycles. The molecule has 0 unspecified atom stereocenters. The average Bonchev–Trinajstić information content (AvgIpc) is 3.98. The van der Waals surface area contributed by atoms with E-state index in [0.29, 0.717) is 11.1 Å². The predicted molar refractivity (Wildman–Crippen MR) is 234 cm³/mol. The van der Waals surface area contributed by atoms with E-state index in [1.165, 1.54) is 4.57 Å². The van der Waals surface area contributed by atoms with Crippen molar-refractivity contribution in [2.24, 2.45) is 0 Å². The van der Waals surface area contributed by atoms with Gasteiger partial charge in [0.2, 0.25) is 0 Å². The number of para-hydroxylation sites is 1. The number of hydrogen-bond acceptors (Lipinski definition) is 4. The highest BCUT2D eigenvalue weighted by molar-refractivity contribution is 7.26. The van der Waals surface area contributed by atoms with Crippen molar-refractivity contribution in [1.29, 1.82) is 0 Å². The van der Waals surface area contributed by atoms with Gasteiger partial charge in [-0.05, 0) is 58.6 Å². The van der Waals surface area contributed by atoms with Crippen LogP contribution in [0.2, 0.25) is 0 Å². The molecule has 3 aromatic heterocycles. The summed E-state index contributed by atoms with van der Waals surface area (Å²) in [6.45, 7) is 0. The van der Waals surface area contributed by atoms with Crippen LogP contribution in [0.15, 0.2) is 194 Å². The normalized spacial score (nSPS) is 15.8. The highest BCUT2D eigenvalue weighted by Crippen LogP contribution is 2.43. The topological polar surface area (TPSA) is 43.6 Å². The molecule has 11 rings (SSSR count). The fourth-order valence-electron chi connectivity index (χ4n) is 6.99. The van der Waals surface area contributed by atoms with Crippen molar-refractivity contribution in [3.8, 4) is 62.1 Å². The molecule has 0 N–H and O–H groups in total. The smallest absolute Gasteiger partial charge is 0.166 e. The molecule has 5 heteroatoms. The summed E-state index contributed by atoms with van der Waals surface area (Å²) < 4.78 is 155. The van der Waals surface area contributed by atoms with E-state index in [0.717, 1.165) is 25.7 Å². The van der Waals surface area contributed by atoms with Crippen LogP contribution in [0.3, 0.4) is 0 Å². The first-order valence-corrected chi connectivity index (χ1v) is 18.2. The van der Waals surface area contributed by atoms with Crippen molar-refractivity contribution in [2.45, 2.75) is 0 Å². The van der Waals surface area contributed by atoms with Gasteiger partial charge < -0.3 is 4.57 Å². The molecule has 0 bridgehead atoms. The molecule has 0 aliphatic rings. The first kappa shape index (κ1) is 19.4. The lowest BCUT2D eigenvalue weighted by atomic mass is 9.99. The average molecular weight is 750 g/mol. The first-order chi connectivity index (χ1) is 34.8. The van der Waals surface area contributed by atoms with E-state index in [9.17, 15) is 6.85 Å². The Morgan fingerprint density at radius 1 is 0.429 bits per heavy atom. The lowest BCUT2D eigenvalue weighted by molar-refractivity contribution is 1.06. The minimum Gasteiger partial charge on any atom is -0.309 e. The van der Waals surface area contributed by atoms with Crippen LogP contribution in [-0.2, 0) is 0 Å². The maximum absolute atomic E-state index is 9.76. The van der Waals surface area contributed by atoms with Crippen molar-refractivity contribution in [3.63, 3.8) is 0 Å². The van der Waals surface area contributed by atoms with Crippen LogP contribution in [0.5, 0.6) is 0 Å². The minimum atomic E-state index is -0.753. The number of fused-ring (bicyclic) bond motifs is 6. The molecule has 0 spiro atoms. The summed E-state index contributed by atoms with van der Waals surface area (Å²) in [7, 11) is 0. The molecule has 0 fully saturated rings. The Balaban J connectivity index is 1.33. The van der Waals surface area contributed by atoms with Gasteiger partial charge in [-0.2, -0.15) is 0 Å². The highest BCUT2D eigenvalue weighted by Gasteiger charge is 2.21. The van der Waals surface area contributed by atoms with Gasteiger partial charge in [0.1, 0.15) is 0 Å². The van der Waals surface area contributed by atoms with Gasteiger partial charge in [-0.15, -0.1) is 11.3 Å². The molecule has 4 nitrogen and oxygen atoms in total. The standard InChI is InChI=1S/C51H32N4S/c1-4-15-33(16-5-1)36-27-29-45-42(31-36)39-21-10-12-25-44(39)55(45)46-30-28-37(38-23-14-24-41-40-22-11-13-26-47(40)56-48(38)41)32-43(46)51-53-49(34-17-6-2-7-18-34)52-50(54-51)35-19-8-3-9-20-35/h1-32H/i1D,2D,4D,5D,6D,7D,10D,12D,15D,16D,17D,18D,21D,25D,27D,29D,31D. The van der Waals surface area contributed by atoms with Crippen molar-refractivity contribution in [3.05, 3.63) is 194 Å². The zero-order valence-electron chi connectivity index (χ0n) is 45.9. The Hall–Kier alpha value is -7.21. The molecule has 11 aromatic rings. The van der Waals surface area contributed by atoms with Gasteiger partial charge in [-0.3, -0.25) is 0 Å². The Morgan fingerprint density at radius 2 is 1.11 bits per heavy atom. The van der Waals surface area contributed by atoms with E-state index < -0.39 is 114 Å². The van der Waals surface area contributed by atoms with Gasteiger partial charge in [-0.1, -0.05) is 157 Å². The molecule has 0 aliphatic carbocycles. The van der Waals surface area contributed by atoms with E-state index >= 15 is 0 Å². The van der Waals surface area contributed by atoms with Crippen molar-refractivity contribution in [1.82, 2.24) is 19.5 Å². The lowest BCUT2D eigenvalue weighted by Crippen LogP contribution is -2.04. The molecule has 0 radical (unpaired) electrons. The van der Waals surface area contributed by atoms with Crippen LogP contribution in [-0.4, -0.2) is 19.5 Å². The summed E-state index contributed by atoms with van der Waals surface area (Å²) in [4.78, 5) is 14.5. The zero-order valence-corrected chi connectivity index (χ0v) is 29.7. The van der Waals surface area contributed by atoms with E-state index in [4.69, 9.17) is 26.4 Å². The Labute approximate surface area is 351 Å². The third-order valence-corrected chi connectivity index (χ3v) is 10.7. The molecule has 0 amide bonds. The van der Waals surface area contributed by atoms with Crippen LogP contribution in [0.25, 0.3) is 104 Å². The van der Waals surface area contributed by atoms with Gasteiger partial charge in [0, 0.05) is 47.6 Å². The van der Waals surface area contributed by atoms with Gasteiger partial charge in [0.15, 0.2) is 17.5 Å². The van der Waals surface area contributed by atoms with Gasteiger partial charge >= 0.3 is 0 Å². The van der Waals surface area contributed by atoms with Crippen molar-refractivity contribution in [2.75, 3.05) is 0 Å². The Morgan fingerprint density at radius 3 is 1.95 bits per heavy atom. The fraction of sp³-hybridized carbons (Fsp3) is 0. The van der Waals surface area contributed by atoms with E-state index in [1.807, 2.05) is 42.5 Å². The molecular formula is C51H32N4S. The number of aromatic nitrogens is 4. The number of rotatable bonds is 6. The van der Waals surface area contributed by atoms with Gasteiger partial charge in [0.25, 0.3) is 0 Å². The number of thiophene rings is 1. The second-order valence-electron chi connectivity index (χ2n) is 12.7. The third-order valence-electron chi connectivity index (χ3n) is 9.49. The van der Waals surface area contributed by atoms with Crippen LogP contribution >= 0.6 is 11.3 Å². The molecule has 262 valence electrons. The monoisotopic (exact) mass is 749 g/mol. The first-order valence-electron chi connectivity index (χ1n) is 25.9. The SMILES string of the molecule is [2H]c1c([2H])c([2H])c(-c2nc(-c3ccccc3)nc(-c3cc(-c4cccc5c4sc4ccccc45)ccc3-n3c4c([2H])c([2H])c([2H])c([2H])c4c4c([2H])c(-c5c([2H])c([2H])c([2H])c([2H])c5[2H])c([2H])c([2H])c43)n2)c([2H])c1[2H]. The fourth-order valence-corrected chi connectivity index (χ4v) is 8.23. The predicted octanol–water partition coefficient (Wildman–Crippen LogP) is 13.7. The number of nitrogens with zero attached hydrogens (tertiary/aromatic N) is 4. The van der Waals surface area contributed by atoms with E-state index in [1.54, 1.807) is 59.9 Å². The minimum absolute atomic E-state index is 0.0193. The van der Waals surface area contributed by atoms with E-state index in [2.05, 4.69) is 4.98 Å². The van der Waals surface area contributed by atoms with Crippen molar-refractivity contribution < 1.29 is 23.3 Å². The van der Waals surface area contributed by atoms with Crippen LogP contribution < -0.4 is 0 Å². The van der Waals surface area contributed by atoms with Crippen LogP contribution in [0.1, 0.15) is 23.3 Å². The molecule has 0 saturated carbocycles. The zero-order chi connectivity index (χ0) is 51.8. The van der Waals surface area contributed by atoms with E-state index in [-0.39, 0.29) is 56.1 Å². The van der Waals surface area contributed by atoms with Crippen molar-refractivity contribution >= 4 is 53.3 Å². The highest BCUT2D eigenvalue weighted by atomic mass is 32.1. The number of benzene rings is 8. The second-order valence-corrected chi connectivity index (χ2v) is 13.8. The Kier molecular flexibility index (Phi) is 4.60. The molecule has 0 aliphatic heterocycles. The molecular weight excluding hydrogens is 701 g/mol. The Bertz CT molecular complexity index is 4190. The molecule has 56 heavy (non-hydrogen) atoms. The maximum atomic E-state index is 9.76. The quantitative estimate of drug-likeness (QED) is 0.170. The van der Waals surface area contributed by atoms with Crippen LogP contribution in [0, 0.1) is 0 Å². The maximum Gasteiger partial charge on any atom is 0.166 e. The molecule has 0 atom stereocenters. The summed E-state index contributed by atoms with van der Waals surface area (Å²) in [6, 6.07) is 16.1. The second kappa shape index (κ2) is 13.3. The van der Waals surface area contributed by atoms with Gasteiger partial charge in [-0.25, -0.2) is 15.0 Å². The summed E-state index contributed by atoms with van der Waals surface area (Å²) in [5.74, 6) is -0.434. The molecule has 3 heterocycles. The molecule has 8 aromatic carbocycles. The summed E-state index contributed by atoms with van der Waals surface area (Å²) in [6.07, 6.45) is 0. The largest absolute Gasteiger partial charge is 0.309 e. The summed E-state index contributed by atoms with van der Waals surface area (Å²) in [5, 5.41) is 1.45. The number of hydrogen-bond donors (Lipinski definition) is 0. The lowest BCUT2D eigenvalue weighted by Gasteiger charge is -2.16. The summed E-state index contributed by atoms with van der Waals surface area (Å²) >= 11 is 1.56. The van der Waals surface area contributed by atoms with Crippen LogP contribution in [0.4, 0.5) is 0 Å². The third kappa shape index (κ3) is 5.40.